The molecule has 0 atom stereocenters. The van der Waals surface area contributed by atoms with Crippen molar-refractivity contribution in [1.29, 1.82) is 0 Å². The van der Waals surface area contributed by atoms with Gasteiger partial charge < -0.3 is 20.1 Å². The molecule has 3 aromatic rings. The van der Waals surface area contributed by atoms with Crippen LogP contribution in [-0.4, -0.2) is 36.6 Å². The molecule has 2 N–H and O–H groups in total. The van der Waals surface area contributed by atoms with Gasteiger partial charge in [0.1, 0.15) is 17.2 Å². The first kappa shape index (κ1) is 19.2. The van der Waals surface area contributed by atoms with Gasteiger partial charge >= 0.3 is 0 Å². The molecular formula is C21H22N4O3. The molecule has 0 saturated heterocycles. The molecule has 0 aliphatic heterocycles. The van der Waals surface area contributed by atoms with Gasteiger partial charge in [-0.25, -0.2) is 9.97 Å². The lowest BCUT2D eigenvalue weighted by atomic mass is 10.1. The number of carbonyl (C=O) groups excluding carboxylic acids is 1. The highest BCUT2D eigenvalue weighted by atomic mass is 16.5. The highest BCUT2D eigenvalue weighted by Gasteiger charge is 2.10. The summed E-state index contributed by atoms with van der Waals surface area (Å²) in [7, 11) is 3.22. The molecule has 2 aromatic carbocycles. The zero-order valence-electron chi connectivity index (χ0n) is 15.8. The number of nitrogens with zero attached hydrogens (tertiary/aromatic N) is 2. The number of amides is 1. The van der Waals surface area contributed by atoms with Crippen LogP contribution in [-0.2, 0) is 6.42 Å². The van der Waals surface area contributed by atoms with Gasteiger partial charge in [-0.15, -0.1) is 0 Å². The van der Waals surface area contributed by atoms with Gasteiger partial charge in [0.2, 0.25) is 5.95 Å². The molecule has 3 rings (SSSR count). The highest BCUT2D eigenvalue weighted by Crippen LogP contribution is 2.25. The van der Waals surface area contributed by atoms with Crippen LogP contribution in [0.4, 0.5) is 11.6 Å². The second-order valence-corrected chi connectivity index (χ2v) is 5.91. The first-order valence-corrected chi connectivity index (χ1v) is 8.84. The Morgan fingerprint density at radius 3 is 2.46 bits per heavy atom. The van der Waals surface area contributed by atoms with Crippen molar-refractivity contribution in [3.8, 4) is 11.5 Å². The lowest BCUT2D eigenvalue weighted by Gasteiger charge is -2.11. The van der Waals surface area contributed by atoms with Crippen LogP contribution in [0, 0.1) is 0 Å². The zero-order valence-corrected chi connectivity index (χ0v) is 15.8. The number of rotatable bonds is 8. The number of benzene rings is 2. The average molecular weight is 378 g/mol. The van der Waals surface area contributed by atoms with Crippen molar-refractivity contribution in [3.05, 3.63) is 72.1 Å². The summed E-state index contributed by atoms with van der Waals surface area (Å²) in [6.07, 6.45) is 2.20. The Labute approximate surface area is 163 Å². The van der Waals surface area contributed by atoms with Gasteiger partial charge in [-0.05, 0) is 36.2 Å². The molecule has 28 heavy (non-hydrogen) atoms. The van der Waals surface area contributed by atoms with Crippen LogP contribution in [0.1, 0.15) is 16.1 Å². The van der Waals surface area contributed by atoms with Crippen molar-refractivity contribution in [2.24, 2.45) is 0 Å². The molecule has 0 bridgehead atoms. The van der Waals surface area contributed by atoms with E-state index in [4.69, 9.17) is 9.47 Å². The fourth-order valence-electron chi connectivity index (χ4n) is 2.72. The van der Waals surface area contributed by atoms with Gasteiger partial charge in [-0.2, -0.15) is 0 Å². The standard InChI is InChI=1S/C21H22N4O3/c1-27-18-9-5-3-7-15(18)11-13-22-20(26)17-12-14-23-21(25-17)24-16-8-4-6-10-19(16)28-2/h3-10,12,14H,11,13H2,1-2H3,(H,22,26)(H,23,24,25). The third kappa shape index (κ3) is 4.76. The predicted octanol–water partition coefficient (Wildman–Crippen LogP) is 3.21. The van der Waals surface area contributed by atoms with Crippen LogP contribution in [0.15, 0.2) is 60.8 Å². The number of ether oxygens (including phenoxy) is 2. The second kappa shape index (κ2) is 9.36. The Morgan fingerprint density at radius 2 is 1.68 bits per heavy atom. The minimum absolute atomic E-state index is 0.264. The van der Waals surface area contributed by atoms with Gasteiger partial charge in [-0.3, -0.25) is 4.79 Å². The number of anilines is 2. The largest absolute Gasteiger partial charge is 0.496 e. The number of aromatic nitrogens is 2. The summed E-state index contributed by atoms with van der Waals surface area (Å²) in [5, 5.41) is 5.95. The van der Waals surface area contributed by atoms with Crippen LogP contribution in [0.25, 0.3) is 0 Å². The number of nitrogens with one attached hydrogen (secondary N) is 2. The molecule has 0 spiro atoms. The van der Waals surface area contributed by atoms with E-state index in [0.29, 0.717) is 24.7 Å². The Hall–Kier alpha value is -3.61. The Morgan fingerprint density at radius 1 is 0.964 bits per heavy atom. The molecule has 0 aliphatic carbocycles. The summed E-state index contributed by atoms with van der Waals surface area (Å²) in [5.41, 5.74) is 2.04. The molecule has 1 heterocycles. The highest BCUT2D eigenvalue weighted by molar-refractivity contribution is 5.92. The molecule has 0 unspecified atom stereocenters. The van der Waals surface area contributed by atoms with Gasteiger partial charge in [0.25, 0.3) is 5.91 Å². The first-order valence-electron chi connectivity index (χ1n) is 8.84. The quantitative estimate of drug-likeness (QED) is 0.626. The molecule has 0 saturated carbocycles. The second-order valence-electron chi connectivity index (χ2n) is 5.91. The van der Waals surface area contributed by atoms with E-state index >= 15 is 0 Å². The lowest BCUT2D eigenvalue weighted by Crippen LogP contribution is -2.26. The third-order valence-corrected chi connectivity index (χ3v) is 4.11. The third-order valence-electron chi connectivity index (χ3n) is 4.11. The van der Waals surface area contributed by atoms with E-state index in [1.807, 2.05) is 48.5 Å². The summed E-state index contributed by atoms with van der Waals surface area (Å²) >= 11 is 0. The first-order chi connectivity index (χ1) is 13.7. The van der Waals surface area contributed by atoms with Gasteiger partial charge in [0, 0.05) is 12.7 Å². The fourth-order valence-corrected chi connectivity index (χ4v) is 2.72. The van der Waals surface area contributed by atoms with Crippen LogP contribution in [0.2, 0.25) is 0 Å². The SMILES string of the molecule is COc1ccccc1CCNC(=O)c1ccnc(Nc2ccccc2OC)n1. The Balaban J connectivity index is 1.62. The maximum atomic E-state index is 12.4. The normalized spacial score (nSPS) is 10.2. The monoisotopic (exact) mass is 378 g/mol. The van der Waals surface area contributed by atoms with Crippen LogP contribution < -0.4 is 20.1 Å². The molecule has 7 heteroatoms. The van der Waals surface area contributed by atoms with E-state index in [2.05, 4.69) is 20.6 Å². The summed E-state index contributed by atoms with van der Waals surface area (Å²) in [5.74, 6) is 1.53. The number of hydrogen-bond donors (Lipinski definition) is 2. The molecule has 0 radical (unpaired) electrons. The molecular weight excluding hydrogens is 356 g/mol. The van der Waals surface area contributed by atoms with E-state index in [0.717, 1.165) is 17.0 Å². The summed E-state index contributed by atoms with van der Waals surface area (Å²) in [6, 6.07) is 16.7. The van der Waals surface area contributed by atoms with E-state index in [1.165, 1.54) is 0 Å². The van der Waals surface area contributed by atoms with Crippen molar-refractivity contribution in [2.45, 2.75) is 6.42 Å². The molecule has 144 valence electrons. The number of para-hydroxylation sites is 3. The van der Waals surface area contributed by atoms with E-state index in [9.17, 15) is 4.79 Å². The number of methoxy groups -OCH3 is 2. The summed E-state index contributed by atoms with van der Waals surface area (Å²) in [4.78, 5) is 20.9. The lowest BCUT2D eigenvalue weighted by molar-refractivity contribution is 0.0949. The maximum absolute atomic E-state index is 12.4. The van der Waals surface area contributed by atoms with E-state index < -0.39 is 0 Å². The minimum Gasteiger partial charge on any atom is -0.496 e. The van der Waals surface area contributed by atoms with Crippen LogP contribution in [0.5, 0.6) is 11.5 Å². The summed E-state index contributed by atoms with van der Waals surface area (Å²) in [6.45, 7) is 0.471. The molecule has 0 fully saturated rings. The average Bonchev–Trinajstić information content (AvgIpc) is 2.74. The Kier molecular flexibility index (Phi) is 6.41. The van der Waals surface area contributed by atoms with E-state index in [-0.39, 0.29) is 11.6 Å². The van der Waals surface area contributed by atoms with Crippen molar-refractivity contribution in [2.75, 3.05) is 26.1 Å². The summed E-state index contributed by atoms with van der Waals surface area (Å²) < 4.78 is 10.6. The minimum atomic E-state index is -0.264. The Bertz CT molecular complexity index is 946. The molecule has 7 nitrogen and oxygen atoms in total. The molecule has 1 aromatic heterocycles. The van der Waals surface area contributed by atoms with Gasteiger partial charge in [0.15, 0.2) is 0 Å². The number of carbonyl (C=O) groups is 1. The topological polar surface area (TPSA) is 85.4 Å². The molecule has 1 amide bonds. The smallest absolute Gasteiger partial charge is 0.270 e. The van der Waals surface area contributed by atoms with Gasteiger partial charge in [-0.1, -0.05) is 30.3 Å². The zero-order chi connectivity index (χ0) is 19.8. The van der Waals surface area contributed by atoms with Gasteiger partial charge in [0.05, 0.1) is 19.9 Å². The van der Waals surface area contributed by atoms with Crippen molar-refractivity contribution < 1.29 is 14.3 Å². The van der Waals surface area contributed by atoms with E-state index in [1.54, 1.807) is 26.5 Å². The van der Waals surface area contributed by atoms with Crippen LogP contribution in [0.3, 0.4) is 0 Å². The van der Waals surface area contributed by atoms with Crippen molar-refractivity contribution in [3.63, 3.8) is 0 Å². The van der Waals surface area contributed by atoms with Crippen molar-refractivity contribution in [1.82, 2.24) is 15.3 Å². The predicted molar refractivity (Wildman–Crippen MR) is 107 cm³/mol. The molecule has 0 aliphatic rings. The van der Waals surface area contributed by atoms with Crippen LogP contribution >= 0.6 is 0 Å². The van der Waals surface area contributed by atoms with Crippen molar-refractivity contribution >= 4 is 17.5 Å². The fraction of sp³-hybridized carbons (Fsp3) is 0.190. The number of hydrogen-bond acceptors (Lipinski definition) is 6. The maximum Gasteiger partial charge on any atom is 0.270 e.